The van der Waals surface area contributed by atoms with E-state index in [-0.39, 0.29) is 6.04 Å². The fourth-order valence-electron chi connectivity index (χ4n) is 1.67. The summed E-state index contributed by atoms with van der Waals surface area (Å²) in [4.78, 5) is 0. The van der Waals surface area contributed by atoms with E-state index in [0.29, 0.717) is 6.61 Å². The average Bonchev–Trinajstić information content (AvgIpc) is 2.86. The Morgan fingerprint density at radius 2 is 2.00 bits per heavy atom. The first kappa shape index (κ1) is 11.6. The van der Waals surface area contributed by atoms with Gasteiger partial charge < -0.3 is 14.5 Å². The highest BCUT2D eigenvalue weighted by Crippen LogP contribution is 2.21. The summed E-state index contributed by atoms with van der Waals surface area (Å²) in [5.74, 6) is 0.897. The Balaban J connectivity index is 1.99. The number of ether oxygens (including phenoxy) is 1. The Morgan fingerprint density at radius 1 is 1.24 bits per heavy atom. The van der Waals surface area contributed by atoms with Crippen LogP contribution in [0.15, 0.2) is 47.3 Å². The molecule has 0 saturated carbocycles. The van der Waals surface area contributed by atoms with Crippen molar-refractivity contribution in [2.45, 2.75) is 19.9 Å². The molecule has 0 radical (unpaired) electrons. The van der Waals surface area contributed by atoms with Gasteiger partial charge in [-0.1, -0.05) is 0 Å². The van der Waals surface area contributed by atoms with Gasteiger partial charge in [-0.05, 0) is 44.2 Å². The van der Waals surface area contributed by atoms with Gasteiger partial charge in [-0.25, -0.2) is 0 Å². The van der Waals surface area contributed by atoms with Gasteiger partial charge in [0.25, 0.3) is 0 Å². The van der Waals surface area contributed by atoms with E-state index in [9.17, 15) is 0 Å². The molecule has 1 N–H and O–H groups in total. The molecule has 0 aliphatic heterocycles. The summed E-state index contributed by atoms with van der Waals surface area (Å²) < 4.78 is 10.5. The van der Waals surface area contributed by atoms with Crippen molar-refractivity contribution in [3.8, 4) is 5.75 Å². The molecule has 1 unspecified atom stereocenters. The molecule has 0 aliphatic rings. The first-order chi connectivity index (χ1) is 8.29. The van der Waals surface area contributed by atoms with Gasteiger partial charge >= 0.3 is 0 Å². The number of hydrogen-bond acceptors (Lipinski definition) is 3. The molecule has 1 aromatic heterocycles. The Hall–Kier alpha value is -1.90. The highest BCUT2D eigenvalue weighted by Gasteiger charge is 2.06. The van der Waals surface area contributed by atoms with Gasteiger partial charge in [0.2, 0.25) is 0 Å². The second-order valence-corrected chi connectivity index (χ2v) is 3.88. The van der Waals surface area contributed by atoms with E-state index in [2.05, 4.69) is 12.2 Å². The monoisotopic (exact) mass is 231 g/mol. The highest BCUT2D eigenvalue weighted by atomic mass is 16.5. The molecule has 90 valence electrons. The summed E-state index contributed by atoms with van der Waals surface area (Å²) in [6.45, 7) is 4.77. The zero-order valence-electron chi connectivity index (χ0n) is 10.1. The van der Waals surface area contributed by atoms with Crippen molar-refractivity contribution < 1.29 is 9.15 Å². The summed E-state index contributed by atoms with van der Waals surface area (Å²) in [5, 5.41) is 3.40. The predicted octanol–water partition coefficient (Wildman–Crippen LogP) is 3.85. The van der Waals surface area contributed by atoms with Gasteiger partial charge in [-0.2, -0.15) is 0 Å². The van der Waals surface area contributed by atoms with Gasteiger partial charge in [-0.15, -0.1) is 0 Å². The summed E-state index contributed by atoms with van der Waals surface area (Å²) in [7, 11) is 0. The molecule has 1 heterocycles. The topological polar surface area (TPSA) is 34.4 Å². The number of furan rings is 1. The molecule has 0 fully saturated rings. The van der Waals surface area contributed by atoms with Crippen molar-refractivity contribution in [3.05, 3.63) is 48.4 Å². The van der Waals surface area contributed by atoms with Crippen LogP contribution in [0.25, 0.3) is 0 Å². The van der Waals surface area contributed by atoms with Crippen LogP contribution in [-0.4, -0.2) is 6.61 Å². The minimum absolute atomic E-state index is 0.228. The van der Waals surface area contributed by atoms with Gasteiger partial charge in [0, 0.05) is 11.3 Å². The molecular weight excluding hydrogens is 214 g/mol. The smallest absolute Gasteiger partial charge is 0.119 e. The van der Waals surface area contributed by atoms with E-state index < -0.39 is 0 Å². The molecule has 2 aromatic rings. The lowest BCUT2D eigenvalue weighted by Crippen LogP contribution is -2.05. The molecule has 0 bridgehead atoms. The standard InChI is InChI=1S/C14H17NO2/c1-3-17-14-6-4-13(5-7-14)15-11(2)12-8-9-16-10-12/h4-11,15H,3H2,1-2H3. The zero-order chi connectivity index (χ0) is 12.1. The van der Waals surface area contributed by atoms with E-state index in [1.54, 1.807) is 12.5 Å². The van der Waals surface area contributed by atoms with Crippen LogP contribution in [0.5, 0.6) is 5.75 Å². The van der Waals surface area contributed by atoms with Crippen molar-refractivity contribution in [2.75, 3.05) is 11.9 Å². The number of hydrogen-bond donors (Lipinski definition) is 1. The lowest BCUT2D eigenvalue weighted by molar-refractivity contribution is 0.340. The molecule has 1 aromatic carbocycles. The maximum atomic E-state index is 5.40. The van der Waals surface area contributed by atoms with Crippen molar-refractivity contribution in [1.82, 2.24) is 0 Å². The Kier molecular flexibility index (Phi) is 3.70. The average molecular weight is 231 g/mol. The first-order valence-electron chi connectivity index (χ1n) is 5.81. The van der Waals surface area contributed by atoms with Gasteiger partial charge in [0.05, 0.1) is 25.2 Å². The van der Waals surface area contributed by atoms with E-state index >= 15 is 0 Å². The van der Waals surface area contributed by atoms with Crippen molar-refractivity contribution >= 4 is 5.69 Å². The zero-order valence-corrected chi connectivity index (χ0v) is 10.1. The molecule has 0 saturated heterocycles. The van der Waals surface area contributed by atoms with Crippen LogP contribution in [0, 0.1) is 0 Å². The number of nitrogens with one attached hydrogen (secondary N) is 1. The van der Waals surface area contributed by atoms with Gasteiger partial charge in [0.1, 0.15) is 5.75 Å². The van der Waals surface area contributed by atoms with Crippen LogP contribution >= 0.6 is 0 Å². The van der Waals surface area contributed by atoms with Crippen LogP contribution in [-0.2, 0) is 0 Å². The summed E-state index contributed by atoms with van der Waals surface area (Å²) in [6, 6.07) is 10.2. The molecular formula is C14H17NO2. The highest BCUT2D eigenvalue weighted by molar-refractivity contribution is 5.47. The van der Waals surface area contributed by atoms with Crippen LogP contribution in [0.2, 0.25) is 0 Å². The van der Waals surface area contributed by atoms with E-state index in [0.717, 1.165) is 17.0 Å². The largest absolute Gasteiger partial charge is 0.494 e. The molecule has 17 heavy (non-hydrogen) atoms. The number of rotatable bonds is 5. The van der Waals surface area contributed by atoms with Crippen molar-refractivity contribution in [1.29, 1.82) is 0 Å². The Bertz CT molecular complexity index is 434. The molecule has 1 atom stereocenters. The van der Waals surface area contributed by atoms with Gasteiger partial charge in [0.15, 0.2) is 0 Å². The molecule has 3 nitrogen and oxygen atoms in total. The Labute approximate surface area is 101 Å². The lowest BCUT2D eigenvalue weighted by atomic mass is 10.1. The molecule has 3 heteroatoms. The molecule has 0 aliphatic carbocycles. The maximum Gasteiger partial charge on any atom is 0.119 e. The van der Waals surface area contributed by atoms with Crippen LogP contribution in [0.1, 0.15) is 25.5 Å². The third-order valence-corrected chi connectivity index (χ3v) is 2.59. The summed E-state index contributed by atoms with van der Waals surface area (Å²) in [5.41, 5.74) is 2.21. The third kappa shape index (κ3) is 3.03. The second kappa shape index (κ2) is 5.43. The van der Waals surface area contributed by atoms with Crippen molar-refractivity contribution in [2.24, 2.45) is 0 Å². The predicted molar refractivity (Wildman–Crippen MR) is 68.4 cm³/mol. The Morgan fingerprint density at radius 3 is 2.59 bits per heavy atom. The SMILES string of the molecule is CCOc1ccc(NC(C)c2ccoc2)cc1. The van der Waals surface area contributed by atoms with E-state index in [1.807, 2.05) is 37.3 Å². The van der Waals surface area contributed by atoms with E-state index in [4.69, 9.17) is 9.15 Å². The van der Waals surface area contributed by atoms with Crippen LogP contribution in [0.3, 0.4) is 0 Å². The molecule has 2 rings (SSSR count). The lowest BCUT2D eigenvalue weighted by Gasteiger charge is -2.13. The van der Waals surface area contributed by atoms with Crippen LogP contribution in [0.4, 0.5) is 5.69 Å². The number of anilines is 1. The maximum absolute atomic E-state index is 5.40. The molecule has 0 amide bonds. The van der Waals surface area contributed by atoms with Gasteiger partial charge in [-0.3, -0.25) is 0 Å². The normalized spacial score (nSPS) is 12.1. The second-order valence-electron chi connectivity index (χ2n) is 3.88. The fraction of sp³-hybridized carbons (Fsp3) is 0.286. The summed E-state index contributed by atoms with van der Waals surface area (Å²) >= 11 is 0. The number of benzene rings is 1. The fourth-order valence-corrected chi connectivity index (χ4v) is 1.67. The minimum atomic E-state index is 0.228. The van der Waals surface area contributed by atoms with Crippen molar-refractivity contribution in [3.63, 3.8) is 0 Å². The van der Waals surface area contributed by atoms with E-state index in [1.165, 1.54) is 0 Å². The van der Waals surface area contributed by atoms with Crippen LogP contribution < -0.4 is 10.1 Å². The quantitative estimate of drug-likeness (QED) is 0.848. The first-order valence-corrected chi connectivity index (χ1v) is 5.81. The molecule has 0 spiro atoms. The summed E-state index contributed by atoms with van der Waals surface area (Å²) in [6.07, 6.45) is 3.44. The minimum Gasteiger partial charge on any atom is -0.494 e. The third-order valence-electron chi connectivity index (χ3n) is 2.59.